The Labute approximate surface area is 197 Å². The van der Waals surface area contributed by atoms with Gasteiger partial charge in [0.05, 0.1) is 0 Å². The molecule has 31 heavy (non-hydrogen) atoms. The number of Topliss-reactive ketones (excluding diaryl/α,β-unsaturated/α-hetero) is 2. The number of rotatable bonds is 18. The third-order valence-corrected chi connectivity index (χ3v) is 4.62. The van der Waals surface area contributed by atoms with Gasteiger partial charge in [-0.25, -0.2) is 0 Å². The number of carbonyl (C=O) groups excluding carboxylic acids is 4. The van der Waals surface area contributed by atoms with Gasteiger partial charge in [-0.2, -0.15) is 0 Å². The summed E-state index contributed by atoms with van der Waals surface area (Å²) >= 11 is -0.519. The number of ketones is 2. The van der Waals surface area contributed by atoms with Gasteiger partial charge in [-0.3, -0.25) is 9.59 Å². The van der Waals surface area contributed by atoms with E-state index in [2.05, 4.69) is 13.8 Å². The number of carbonyl (C=O) groups is 4. The Morgan fingerprint density at radius 2 is 0.935 bits per heavy atom. The molecule has 0 aliphatic carbocycles. The Kier molecular flexibility index (Phi) is 32.2. The van der Waals surface area contributed by atoms with Gasteiger partial charge >= 0.3 is 79.3 Å². The first-order valence-electron chi connectivity index (χ1n) is 11.2. The molecule has 0 aliphatic heterocycles. The maximum absolute atomic E-state index is 10.6. The van der Waals surface area contributed by atoms with Crippen molar-refractivity contribution >= 4 is 23.5 Å². The van der Waals surface area contributed by atoms with Crippen molar-refractivity contribution in [3.05, 3.63) is 0 Å². The van der Waals surface area contributed by atoms with E-state index in [0.717, 1.165) is 38.9 Å². The molecule has 0 aromatic carbocycles. The van der Waals surface area contributed by atoms with Gasteiger partial charge in [0.2, 0.25) is 0 Å². The van der Waals surface area contributed by atoms with Crippen molar-refractivity contribution in [1.82, 2.24) is 0 Å². The molecule has 0 amide bonds. The van der Waals surface area contributed by atoms with E-state index >= 15 is 0 Å². The molecule has 9 heteroatoms. The summed E-state index contributed by atoms with van der Waals surface area (Å²) in [4.78, 5) is 40.9. The van der Waals surface area contributed by atoms with Gasteiger partial charge in [-0.15, -0.1) is 0 Å². The number of carboxylic acids is 2. The summed E-state index contributed by atoms with van der Waals surface area (Å²) in [6.07, 6.45) is 7.99. The first-order valence-corrected chi connectivity index (χ1v) is 12.4. The summed E-state index contributed by atoms with van der Waals surface area (Å²) in [7, 11) is 0. The molecule has 0 saturated carbocycles. The van der Waals surface area contributed by atoms with E-state index in [0.29, 0.717) is 12.8 Å². The van der Waals surface area contributed by atoms with Crippen molar-refractivity contribution in [2.24, 2.45) is 0 Å². The number of carboxylic acid groups (broad SMARTS) is 2. The maximum atomic E-state index is 10.6. The normalized spacial score (nSPS) is 9.42. The van der Waals surface area contributed by atoms with Gasteiger partial charge in [0, 0.05) is 37.6 Å². The van der Waals surface area contributed by atoms with Crippen LogP contribution in [0.2, 0.25) is 0 Å². The molecular weight excluding hydrogens is 440 g/mol. The third kappa shape index (κ3) is 39.9. The topological polar surface area (TPSA) is 133 Å². The molecule has 0 aromatic heterocycles. The molecule has 180 valence electrons. The Bertz CT molecular complexity index is 415. The molecule has 8 nitrogen and oxygen atoms in total. The number of hydrogen-bond donors (Lipinski definition) is 0. The minimum absolute atomic E-state index is 0.234. The molecule has 0 heterocycles. The molecule has 0 unspecified atom stereocenters. The molecule has 0 bridgehead atoms. The van der Waals surface area contributed by atoms with E-state index in [1.165, 1.54) is 25.7 Å². The average Bonchev–Trinajstić information content (AvgIpc) is 2.70. The van der Waals surface area contributed by atoms with Gasteiger partial charge < -0.3 is 19.8 Å². The number of unbranched alkanes of at least 4 members (excludes halogenated alkanes) is 4. The summed E-state index contributed by atoms with van der Waals surface area (Å²) in [5, 5.41) is 19.7. The summed E-state index contributed by atoms with van der Waals surface area (Å²) in [6, 6.07) is 0. The zero-order valence-electron chi connectivity index (χ0n) is 19.7. The number of aliphatic carboxylic acids is 2. The molecule has 0 aliphatic rings. The molecule has 0 rings (SSSR count). The van der Waals surface area contributed by atoms with Gasteiger partial charge in [0.1, 0.15) is 11.6 Å². The summed E-state index contributed by atoms with van der Waals surface area (Å²) in [6.45, 7) is 10.0. The van der Waals surface area contributed by atoms with Crippen molar-refractivity contribution in [3.8, 4) is 0 Å². The third-order valence-electron chi connectivity index (χ3n) is 3.62. The molecule has 0 saturated heterocycles. The average molecular weight is 480 g/mol. The van der Waals surface area contributed by atoms with E-state index in [-0.39, 0.29) is 11.6 Å². The summed E-state index contributed by atoms with van der Waals surface area (Å²) < 4.78 is 10.6. The second-order valence-corrected chi connectivity index (χ2v) is 8.03. The van der Waals surface area contributed by atoms with Crippen LogP contribution >= 0.6 is 0 Å². The fourth-order valence-corrected chi connectivity index (χ4v) is 2.65. The Morgan fingerprint density at radius 3 is 1.19 bits per heavy atom. The molecule has 0 spiro atoms. The monoisotopic (exact) mass is 480 g/mol. The van der Waals surface area contributed by atoms with E-state index in [1.807, 2.05) is 13.8 Å². The van der Waals surface area contributed by atoms with Crippen molar-refractivity contribution < 1.29 is 56.0 Å². The molecule has 0 atom stereocenters. The fourth-order valence-electron chi connectivity index (χ4n) is 1.80. The Morgan fingerprint density at radius 1 is 0.613 bits per heavy atom. The van der Waals surface area contributed by atoms with Crippen molar-refractivity contribution in [3.63, 3.8) is 0 Å². The fraction of sp³-hybridized carbons (Fsp3) is 0.818. The Balaban J connectivity index is -0.000000380. The Hall–Kier alpha value is -1.09. The van der Waals surface area contributed by atoms with E-state index in [9.17, 15) is 29.4 Å². The first kappa shape index (κ1) is 34.5. The minimum atomic E-state index is -1.28. The van der Waals surface area contributed by atoms with Crippen LogP contribution in [0.4, 0.5) is 0 Å². The second-order valence-electron chi connectivity index (χ2n) is 6.87. The van der Waals surface area contributed by atoms with Crippen LogP contribution in [0, 0.1) is 0 Å². The van der Waals surface area contributed by atoms with Gasteiger partial charge in [0.25, 0.3) is 0 Å². The van der Waals surface area contributed by atoms with Gasteiger partial charge in [0.15, 0.2) is 0 Å². The summed E-state index contributed by atoms with van der Waals surface area (Å²) in [5.41, 5.74) is 0. The predicted octanol–water partition coefficient (Wildman–Crippen LogP) is 2.30. The van der Waals surface area contributed by atoms with E-state index < -0.39 is 44.7 Å². The quantitative estimate of drug-likeness (QED) is 0.166. The van der Waals surface area contributed by atoms with Crippen LogP contribution in [0.5, 0.6) is 0 Å². The molecule has 0 radical (unpaired) electrons. The van der Waals surface area contributed by atoms with Gasteiger partial charge in [-0.1, -0.05) is 26.7 Å². The zero-order chi connectivity index (χ0) is 24.3. The van der Waals surface area contributed by atoms with Crippen LogP contribution in [-0.4, -0.2) is 36.7 Å². The molecule has 0 fully saturated rings. The van der Waals surface area contributed by atoms with Crippen molar-refractivity contribution in [2.75, 3.05) is 13.2 Å². The van der Waals surface area contributed by atoms with E-state index in [4.69, 9.17) is 6.64 Å². The predicted molar refractivity (Wildman–Crippen MR) is 110 cm³/mol. The SMILES string of the molecule is CCCCC(=O)CC(=O)[O-].CCCCC(=O)CC(=O)[O-].CCCC[O][Ti+2][O]CCCC. The van der Waals surface area contributed by atoms with Crippen LogP contribution < -0.4 is 10.2 Å². The summed E-state index contributed by atoms with van der Waals surface area (Å²) in [5.74, 6) is -3.02. The van der Waals surface area contributed by atoms with E-state index in [1.54, 1.807) is 0 Å². The first-order chi connectivity index (χ1) is 14.7. The van der Waals surface area contributed by atoms with Crippen molar-refractivity contribution in [1.29, 1.82) is 0 Å². The van der Waals surface area contributed by atoms with Crippen LogP contribution in [0.15, 0.2) is 0 Å². The molecular formula is C22H40O8Ti. The van der Waals surface area contributed by atoms with Crippen LogP contribution in [0.25, 0.3) is 0 Å². The standard InChI is InChI=1S/2C7H12O3.2C4H9O.Ti/c2*1-2-3-4-6(8)5-7(9)10;2*1-2-3-4-5;/h2*2-5H2,1H3,(H,9,10);2*2-4H2,1H3;/q;;2*-1;+4/p-2. The van der Waals surface area contributed by atoms with Gasteiger partial charge in [-0.05, 0) is 12.8 Å². The van der Waals surface area contributed by atoms with Crippen molar-refractivity contribution in [2.45, 2.75) is 105 Å². The molecule has 0 N–H and O–H groups in total. The van der Waals surface area contributed by atoms with Crippen LogP contribution in [0.3, 0.4) is 0 Å². The number of hydrogen-bond acceptors (Lipinski definition) is 8. The second kappa shape index (κ2) is 28.9. The van der Waals surface area contributed by atoms with Crippen LogP contribution in [-0.2, 0) is 45.7 Å². The van der Waals surface area contributed by atoms with Crippen LogP contribution in [0.1, 0.15) is 105 Å². The molecule has 0 aromatic rings. The zero-order valence-corrected chi connectivity index (χ0v) is 21.2.